The third kappa shape index (κ3) is 5.46. The van der Waals surface area contributed by atoms with Crippen molar-refractivity contribution >= 4 is 5.97 Å². The van der Waals surface area contributed by atoms with E-state index in [9.17, 15) is 18.0 Å². The number of halogens is 3. The Balaban J connectivity index is 3.70. The van der Waals surface area contributed by atoms with Crippen LogP contribution in [0.3, 0.4) is 0 Å². The quantitative estimate of drug-likeness (QED) is 0.692. The van der Waals surface area contributed by atoms with E-state index < -0.39 is 24.6 Å². The Morgan fingerprint density at radius 1 is 1.54 bits per heavy atom. The van der Waals surface area contributed by atoms with Crippen molar-refractivity contribution < 1.29 is 22.7 Å². The lowest BCUT2D eigenvalue weighted by molar-refractivity contribution is -0.153. The predicted molar refractivity (Wildman–Crippen MR) is 39.9 cm³/mol. The predicted octanol–water partition coefficient (Wildman–Crippen LogP) is 1.22. The molecule has 0 radical (unpaired) electrons. The van der Waals surface area contributed by atoms with Crippen LogP contribution in [0.5, 0.6) is 0 Å². The van der Waals surface area contributed by atoms with Crippen molar-refractivity contribution in [3.63, 3.8) is 0 Å². The normalized spacial score (nSPS) is 13.9. The molecule has 13 heavy (non-hydrogen) atoms. The zero-order chi connectivity index (χ0) is 10.5. The second kappa shape index (κ2) is 5.06. The van der Waals surface area contributed by atoms with Crippen molar-refractivity contribution in [2.75, 3.05) is 6.61 Å². The van der Waals surface area contributed by atoms with E-state index in [1.165, 1.54) is 0 Å². The van der Waals surface area contributed by atoms with Crippen LogP contribution < -0.4 is 5.73 Å². The second-order valence-corrected chi connectivity index (χ2v) is 2.49. The number of esters is 1. The molecule has 2 N–H and O–H groups in total. The number of hydrogen-bond donors (Lipinski definition) is 1. The average Bonchev–Trinajstić information content (AvgIpc) is 1.99. The number of rotatable bonds is 4. The van der Waals surface area contributed by atoms with Crippen LogP contribution >= 0.6 is 0 Å². The Morgan fingerprint density at radius 3 is 2.46 bits per heavy atom. The largest absolute Gasteiger partial charge is 0.466 e. The Hall–Kier alpha value is -0.780. The van der Waals surface area contributed by atoms with Crippen molar-refractivity contribution in [2.24, 2.45) is 5.73 Å². The van der Waals surface area contributed by atoms with E-state index in [-0.39, 0.29) is 13.0 Å². The van der Waals surface area contributed by atoms with Gasteiger partial charge in [-0.25, -0.2) is 0 Å². The second-order valence-electron chi connectivity index (χ2n) is 2.49. The van der Waals surface area contributed by atoms with Crippen LogP contribution in [-0.2, 0) is 9.53 Å². The molecule has 0 aromatic heterocycles. The van der Waals surface area contributed by atoms with Crippen molar-refractivity contribution in [3.05, 3.63) is 0 Å². The maximum absolute atomic E-state index is 11.8. The van der Waals surface area contributed by atoms with Crippen LogP contribution in [-0.4, -0.2) is 24.8 Å². The summed E-state index contributed by atoms with van der Waals surface area (Å²) >= 11 is 0. The average molecular weight is 199 g/mol. The molecule has 3 nitrogen and oxygen atoms in total. The summed E-state index contributed by atoms with van der Waals surface area (Å²) in [7, 11) is 0. The topological polar surface area (TPSA) is 52.3 Å². The van der Waals surface area contributed by atoms with E-state index in [0.29, 0.717) is 0 Å². The molecule has 0 amide bonds. The van der Waals surface area contributed by atoms with Gasteiger partial charge in [0.1, 0.15) is 6.04 Å². The number of carbonyl (C=O) groups excluding carboxylic acids is 1. The molecule has 0 heterocycles. The SMILES string of the molecule is CCOC(=O)CCC(N)C(F)(F)F. The van der Waals surface area contributed by atoms with Gasteiger partial charge in [-0.3, -0.25) is 4.79 Å². The number of carbonyl (C=O) groups is 1. The summed E-state index contributed by atoms with van der Waals surface area (Å²) in [6.07, 6.45) is -5.16. The van der Waals surface area contributed by atoms with Gasteiger partial charge >= 0.3 is 12.1 Å². The van der Waals surface area contributed by atoms with Gasteiger partial charge in [-0.05, 0) is 13.3 Å². The van der Waals surface area contributed by atoms with Crippen LogP contribution in [0, 0.1) is 0 Å². The number of hydrogen-bond acceptors (Lipinski definition) is 3. The Bertz CT molecular complexity index is 170. The van der Waals surface area contributed by atoms with E-state index in [0.717, 1.165) is 0 Å². The highest BCUT2D eigenvalue weighted by Crippen LogP contribution is 2.21. The lowest BCUT2D eigenvalue weighted by Crippen LogP contribution is -2.37. The first kappa shape index (κ1) is 12.2. The lowest BCUT2D eigenvalue weighted by Gasteiger charge is -2.14. The maximum atomic E-state index is 11.8. The summed E-state index contributed by atoms with van der Waals surface area (Å²) in [6.45, 7) is 1.75. The monoisotopic (exact) mass is 199 g/mol. The van der Waals surface area contributed by atoms with E-state index in [2.05, 4.69) is 4.74 Å². The molecule has 78 valence electrons. The highest BCUT2D eigenvalue weighted by atomic mass is 19.4. The van der Waals surface area contributed by atoms with Crippen LogP contribution in [0.15, 0.2) is 0 Å². The van der Waals surface area contributed by atoms with Crippen molar-refractivity contribution in [3.8, 4) is 0 Å². The fraction of sp³-hybridized carbons (Fsp3) is 0.857. The smallest absolute Gasteiger partial charge is 0.403 e. The van der Waals surface area contributed by atoms with Gasteiger partial charge in [-0.15, -0.1) is 0 Å². The number of ether oxygens (including phenoxy) is 1. The van der Waals surface area contributed by atoms with Gasteiger partial charge in [0.15, 0.2) is 0 Å². The highest BCUT2D eigenvalue weighted by molar-refractivity contribution is 5.69. The van der Waals surface area contributed by atoms with Gasteiger partial charge < -0.3 is 10.5 Å². The fourth-order valence-electron chi connectivity index (χ4n) is 0.670. The summed E-state index contributed by atoms with van der Waals surface area (Å²) < 4.78 is 39.9. The molecular weight excluding hydrogens is 187 g/mol. The number of alkyl halides is 3. The summed E-state index contributed by atoms with van der Waals surface area (Å²) in [5.41, 5.74) is 4.76. The minimum Gasteiger partial charge on any atom is -0.466 e. The minimum absolute atomic E-state index is 0.167. The lowest BCUT2D eigenvalue weighted by atomic mass is 10.1. The molecule has 0 saturated heterocycles. The first-order chi connectivity index (χ1) is 5.88. The van der Waals surface area contributed by atoms with E-state index in [1.807, 2.05) is 0 Å². The van der Waals surface area contributed by atoms with Crippen LogP contribution in [0.25, 0.3) is 0 Å². The maximum Gasteiger partial charge on any atom is 0.403 e. The third-order valence-corrected chi connectivity index (χ3v) is 1.39. The zero-order valence-corrected chi connectivity index (χ0v) is 7.23. The highest BCUT2D eigenvalue weighted by Gasteiger charge is 2.36. The van der Waals surface area contributed by atoms with Gasteiger partial charge in [0.05, 0.1) is 6.61 Å². The molecule has 1 unspecified atom stereocenters. The molecule has 0 aliphatic rings. The van der Waals surface area contributed by atoms with Crippen LogP contribution in [0.1, 0.15) is 19.8 Å². The molecule has 0 saturated carbocycles. The Labute approximate surface area is 74.0 Å². The van der Waals surface area contributed by atoms with Crippen LogP contribution in [0.2, 0.25) is 0 Å². The Morgan fingerprint density at radius 2 is 2.08 bits per heavy atom. The molecule has 0 rings (SSSR count). The van der Waals surface area contributed by atoms with Gasteiger partial charge in [0.25, 0.3) is 0 Å². The summed E-state index contributed by atoms with van der Waals surface area (Å²) in [5.74, 6) is -0.651. The minimum atomic E-state index is -4.44. The van der Waals surface area contributed by atoms with Gasteiger partial charge in [-0.1, -0.05) is 0 Å². The first-order valence-corrected chi connectivity index (χ1v) is 3.85. The molecular formula is C7H12F3NO2. The van der Waals surface area contributed by atoms with E-state index >= 15 is 0 Å². The van der Waals surface area contributed by atoms with E-state index in [4.69, 9.17) is 5.73 Å². The zero-order valence-electron chi connectivity index (χ0n) is 7.23. The summed E-state index contributed by atoms with van der Waals surface area (Å²) in [6, 6.07) is -1.95. The molecule has 0 aliphatic carbocycles. The van der Waals surface area contributed by atoms with Gasteiger partial charge in [0, 0.05) is 6.42 Å². The molecule has 0 aromatic carbocycles. The molecule has 0 bridgehead atoms. The summed E-state index contributed by atoms with van der Waals surface area (Å²) in [5, 5.41) is 0. The van der Waals surface area contributed by atoms with Gasteiger partial charge in [-0.2, -0.15) is 13.2 Å². The number of nitrogens with two attached hydrogens (primary N) is 1. The molecule has 0 aromatic rings. The van der Waals surface area contributed by atoms with Crippen LogP contribution in [0.4, 0.5) is 13.2 Å². The first-order valence-electron chi connectivity index (χ1n) is 3.85. The molecule has 1 atom stereocenters. The molecule has 0 aliphatic heterocycles. The fourth-order valence-corrected chi connectivity index (χ4v) is 0.670. The third-order valence-electron chi connectivity index (χ3n) is 1.39. The van der Waals surface area contributed by atoms with Crippen molar-refractivity contribution in [2.45, 2.75) is 32.0 Å². The summed E-state index contributed by atoms with van der Waals surface area (Å²) in [4.78, 5) is 10.6. The molecule has 0 fully saturated rings. The van der Waals surface area contributed by atoms with Gasteiger partial charge in [0.2, 0.25) is 0 Å². The van der Waals surface area contributed by atoms with Crippen molar-refractivity contribution in [1.29, 1.82) is 0 Å². The molecule has 6 heteroatoms. The molecule has 0 spiro atoms. The van der Waals surface area contributed by atoms with Crippen molar-refractivity contribution in [1.82, 2.24) is 0 Å². The standard InChI is InChI=1S/C7H12F3NO2/c1-2-13-6(12)4-3-5(11)7(8,9)10/h5H,2-4,11H2,1H3. The Kier molecular flexibility index (Phi) is 4.76. The van der Waals surface area contributed by atoms with E-state index in [1.54, 1.807) is 6.92 Å².